The minimum absolute atomic E-state index is 0.0200. The number of anilines is 2. The van der Waals surface area contributed by atoms with Gasteiger partial charge >= 0.3 is 0 Å². The lowest BCUT2D eigenvalue weighted by molar-refractivity contribution is -0.125. The Hall–Kier alpha value is -3.24. The number of carbonyl (C=O) groups is 1. The lowest BCUT2D eigenvalue weighted by Crippen LogP contribution is -2.50. The van der Waals surface area contributed by atoms with E-state index in [1.807, 2.05) is 55.4 Å². The summed E-state index contributed by atoms with van der Waals surface area (Å²) in [6.45, 7) is 6.65. The number of hydrogen-bond donors (Lipinski definition) is 2. The molecule has 1 aromatic heterocycles. The molecule has 2 fully saturated rings. The Morgan fingerprint density at radius 1 is 0.927 bits per heavy atom. The van der Waals surface area contributed by atoms with Gasteiger partial charge in [0.05, 0.1) is 10.4 Å². The summed E-state index contributed by atoms with van der Waals surface area (Å²) in [5.41, 5.74) is 1.91. The predicted octanol–water partition coefficient (Wildman–Crippen LogP) is 4.69. The molecule has 41 heavy (non-hydrogen) atoms. The van der Waals surface area contributed by atoms with Crippen molar-refractivity contribution in [1.82, 2.24) is 19.6 Å². The second-order valence-corrected chi connectivity index (χ2v) is 14.4. The van der Waals surface area contributed by atoms with Crippen molar-refractivity contribution in [3.05, 3.63) is 54.1 Å². The van der Waals surface area contributed by atoms with Crippen molar-refractivity contribution in [3.63, 3.8) is 0 Å². The van der Waals surface area contributed by atoms with Crippen LogP contribution >= 0.6 is 0 Å². The van der Waals surface area contributed by atoms with E-state index in [2.05, 4.69) is 31.4 Å². The normalized spacial score (nSPS) is 22.0. The Morgan fingerprint density at radius 3 is 2.24 bits per heavy atom. The van der Waals surface area contributed by atoms with Gasteiger partial charge < -0.3 is 15.5 Å². The average Bonchev–Trinajstić information content (AvgIpc) is 3.45. The van der Waals surface area contributed by atoms with Gasteiger partial charge in [0.25, 0.3) is 0 Å². The number of amides is 1. The van der Waals surface area contributed by atoms with Gasteiger partial charge in [-0.25, -0.2) is 13.4 Å². The molecule has 10 heteroatoms. The summed E-state index contributed by atoms with van der Waals surface area (Å²) in [5, 5.41) is 7.68. The molecule has 1 saturated heterocycles. The lowest BCUT2D eigenvalue weighted by Gasteiger charge is -2.31. The van der Waals surface area contributed by atoms with Gasteiger partial charge in [-0.3, -0.25) is 4.79 Å². The quantitative estimate of drug-likeness (QED) is 0.419. The minimum atomic E-state index is -3.76. The molecule has 0 unspecified atom stereocenters. The van der Waals surface area contributed by atoms with Crippen molar-refractivity contribution in [3.8, 4) is 0 Å². The Labute approximate surface area is 243 Å². The monoisotopic (exact) mass is 578 g/mol. The summed E-state index contributed by atoms with van der Waals surface area (Å²) < 4.78 is 28.4. The van der Waals surface area contributed by atoms with E-state index in [-0.39, 0.29) is 28.3 Å². The fraction of sp³-hybridized carbons (Fsp3) is 0.516. The van der Waals surface area contributed by atoms with Gasteiger partial charge in [-0.1, -0.05) is 45.0 Å². The molecule has 0 radical (unpaired) electrons. The van der Waals surface area contributed by atoms with Gasteiger partial charge in [0, 0.05) is 38.1 Å². The third-order valence-electron chi connectivity index (χ3n) is 8.25. The van der Waals surface area contributed by atoms with Gasteiger partial charge in [-0.05, 0) is 73.8 Å². The molecule has 1 saturated carbocycles. The fourth-order valence-electron chi connectivity index (χ4n) is 5.88. The summed E-state index contributed by atoms with van der Waals surface area (Å²) >= 11 is 0. The molecular formula is C31H42N6O3S. The van der Waals surface area contributed by atoms with Crippen molar-refractivity contribution in [1.29, 1.82) is 0 Å². The molecule has 5 rings (SSSR count). The Morgan fingerprint density at radius 2 is 1.59 bits per heavy atom. The average molecular weight is 579 g/mol. The van der Waals surface area contributed by atoms with E-state index in [0.717, 1.165) is 48.0 Å². The number of nitrogens with zero attached hydrogens (tertiary/aromatic N) is 4. The van der Waals surface area contributed by atoms with E-state index < -0.39 is 16.1 Å². The van der Waals surface area contributed by atoms with Crippen LogP contribution < -0.4 is 15.5 Å². The fourth-order valence-corrected chi connectivity index (χ4v) is 7.54. The molecule has 0 bridgehead atoms. The Kier molecular flexibility index (Phi) is 8.25. The smallest absolute Gasteiger partial charge is 0.243 e. The highest BCUT2D eigenvalue weighted by atomic mass is 32.2. The van der Waals surface area contributed by atoms with Crippen LogP contribution in [0.4, 0.5) is 11.8 Å². The van der Waals surface area contributed by atoms with Crippen molar-refractivity contribution in [2.75, 3.05) is 30.9 Å². The molecular weight excluding hydrogens is 536 g/mol. The van der Waals surface area contributed by atoms with Gasteiger partial charge in [-0.2, -0.15) is 9.29 Å². The number of para-hydroxylation sites is 1. The SMILES string of the molecule is CN(C)c1nc(N[C@H]2CC[C@@H](NC(=O)[C@@H]3CCCN3S(=O)(=O)c3ccc(C(C)(C)C)cc3)CC2)nc2ccccc12. The van der Waals surface area contributed by atoms with Crippen LogP contribution in [0.2, 0.25) is 0 Å². The Balaban J connectivity index is 1.19. The van der Waals surface area contributed by atoms with Crippen LogP contribution in [-0.2, 0) is 20.2 Å². The van der Waals surface area contributed by atoms with E-state index in [4.69, 9.17) is 9.97 Å². The maximum absolute atomic E-state index is 13.5. The highest BCUT2D eigenvalue weighted by Gasteiger charge is 2.40. The topological polar surface area (TPSA) is 108 Å². The van der Waals surface area contributed by atoms with Crippen molar-refractivity contribution in [2.24, 2.45) is 0 Å². The zero-order valence-electron chi connectivity index (χ0n) is 24.7. The van der Waals surface area contributed by atoms with Crippen molar-refractivity contribution < 1.29 is 13.2 Å². The summed E-state index contributed by atoms with van der Waals surface area (Å²) in [6, 6.07) is 14.6. The number of hydrogen-bond acceptors (Lipinski definition) is 7. The molecule has 1 aliphatic heterocycles. The molecule has 9 nitrogen and oxygen atoms in total. The van der Waals surface area contributed by atoms with Crippen LogP contribution in [0.3, 0.4) is 0 Å². The zero-order valence-corrected chi connectivity index (χ0v) is 25.5. The molecule has 1 atom stereocenters. The highest BCUT2D eigenvalue weighted by Crippen LogP contribution is 2.30. The van der Waals surface area contributed by atoms with Gasteiger partial charge in [0.1, 0.15) is 11.9 Å². The van der Waals surface area contributed by atoms with Crippen LogP contribution in [0, 0.1) is 0 Å². The van der Waals surface area contributed by atoms with Crippen molar-refractivity contribution >= 4 is 38.6 Å². The van der Waals surface area contributed by atoms with Crippen LogP contribution in [0.15, 0.2) is 53.4 Å². The van der Waals surface area contributed by atoms with E-state index in [1.54, 1.807) is 12.1 Å². The minimum Gasteiger partial charge on any atom is -0.362 e. The maximum Gasteiger partial charge on any atom is 0.243 e. The molecule has 3 aromatic rings. The summed E-state index contributed by atoms with van der Waals surface area (Å²) in [5.74, 6) is 1.30. The van der Waals surface area contributed by atoms with E-state index >= 15 is 0 Å². The number of rotatable bonds is 7. The molecule has 0 spiro atoms. The first kappa shape index (κ1) is 29.3. The Bertz CT molecular complexity index is 1490. The molecule has 2 aromatic carbocycles. The van der Waals surface area contributed by atoms with Crippen LogP contribution in [0.1, 0.15) is 64.9 Å². The number of nitrogens with one attached hydrogen (secondary N) is 2. The van der Waals surface area contributed by atoms with Crippen LogP contribution in [0.5, 0.6) is 0 Å². The third-order valence-corrected chi connectivity index (χ3v) is 10.2. The summed E-state index contributed by atoms with van der Waals surface area (Å²) in [7, 11) is 0.196. The van der Waals surface area contributed by atoms with E-state index in [9.17, 15) is 13.2 Å². The van der Waals surface area contributed by atoms with E-state index in [1.165, 1.54) is 4.31 Å². The number of sulfonamides is 1. The first-order valence-corrected chi connectivity index (χ1v) is 16.0. The predicted molar refractivity (Wildman–Crippen MR) is 164 cm³/mol. The first-order valence-electron chi connectivity index (χ1n) is 14.6. The molecule has 1 aliphatic carbocycles. The molecule has 2 aliphatic rings. The third kappa shape index (κ3) is 6.33. The second-order valence-electron chi connectivity index (χ2n) is 12.5. The van der Waals surface area contributed by atoms with Gasteiger partial charge in [0.15, 0.2) is 0 Å². The zero-order chi connectivity index (χ0) is 29.4. The maximum atomic E-state index is 13.5. The number of carbonyl (C=O) groups excluding carboxylic acids is 1. The number of benzene rings is 2. The molecule has 2 N–H and O–H groups in total. The lowest BCUT2D eigenvalue weighted by atomic mass is 9.87. The second kappa shape index (κ2) is 11.6. The van der Waals surface area contributed by atoms with Gasteiger partial charge in [-0.15, -0.1) is 0 Å². The van der Waals surface area contributed by atoms with Crippen LogP contribution in [-0.4, -0.2) is 67.4 Å². The number of fused-ring (bicyclic) bond motifs is 1. The highest BCUT2D eigenvalue weighted by molar-refractivity contribution is 7.89. The molecule has 1 amide bonds. The van der Waals surface area contributed by atoms with Crippen molar-refractivity contribution in [2.45, 2.75) is 87.7 Å². The first-order chi connectivity index (χ1) is 19.4. The standard InChI is InChI=1S/C31H42N6O3S/c1-31(2,3)21-12-18-24(19-13-21)41(39,40)37-20-8-11-27(37)29(38)32-22-14-16-23(17-15-22)33-30-34-26-10-7-6-9-25(26)28(35-30)36(4)5/h6-7,9-10,12-13,18-19,22-23,27H,8,11,14-17,20H2,1-5H3,(H,32,38)(H,33,34,35)/t22-,23+,27-/m0/s1. The molecule has 220 valence electrons. The van der Waals surface area contributed by atoms with Gasteiger partial charge in [0.2, 0.25) is 21.9 Å². The number of aromatic nitrogens is 2. The van der Waals surface area contributed by atoms with E-state index in [0.29, 0.717) is 25.3 Å². The summed E-state index contributed by atoms with van der Waals surface area (Å²) in [6.07, 6.45) is 4.57. The van der Waals surface area contributed by atoms with Crippen LogP contribution in [0.25, 0.3) is 10.9 Å². The molecule has 2 heterocycles. The summed E-state index contributed by atoms with van der Waals surface area (Å²) in [4.78, 5) is 25.0. The largest absolute Gasteiger partial charge is 0.362 e.